The third-order valence-electron chi connectivity index (χ3n) is 4.96. The molecule has 0 spiro atoms. The van der Waals surface area contributed by atoms with Crippen molar-refractivity contribution in [2.75, 3.05) is 26.4 Å². The summed E-state index contributed by atoms with van der Waals surface area (Å²) >= 11 is 0. The highest BCUT2D eigenvalue weighted by Crippen LogP contribution is 2.41. The zero-order valence-corrected chi connectivity index (χ0v) is 18.8. The smallest absolute Gasteiger partial charge is 0.295 e. The maximum absolute atomic E-state index is 13.0. The second-order valence-electron chi connectivity index (χ2n) is 7.45. The minimum absolute atomic E-state index is 0.0218. The van der Waals surface area contributed by atoms with Gasteiger partial charge in [0.2, 0.25) is 0 Å². The van der Waals surface area contributed by atoms with Crippen molar-refractivity contribution in [1.29, 1.82) is 0 Å². The number of ketones is 1. The molecule has 1 amide bonds. The van der Waals surface area contributed by atoms with E-state index in [1.54, 1.807) is 30.3 Å². The number of Topliss-reactive ketones (excluding diaryl/α,β-unsaturated/α-hetero) is 1. The summed E-state index contributed by atoms with van der Waals surface area (Å²) in [4.78, 5) is 27.2. The molecule has 0 bridgehead atoms. The van der Waals surface area contributed by atoms with Crippen LogP contribution in [0.1, 0.15) is 45.1 Å². The Bertz CT molecular complexity index is 978. The van der Waals surface area contributed by atoms with Gasteiger partial charge in [-0.05, 0) is 52.0 Å². The van der Waals surface area contributed by atoms with Crippen molar-refractivity contribution in [1.82, 2.24) is 4.90 Å². The number of hydrogen-bond donors (Lipinski definition) is 1. The van der Waals surface area contributed by atoms with Crippen molar-refractivity contribution in [3.8, 4) is 11.5 Å². The van der Waals surface area contributed by atoms with Gasteiger partial charge in [-0.3, -0.25) is 9.59 Å². The van der Waals surface area contributed by atoms with Gasteiger partial charge in [0.1, 0.15) is 29.1 Å². The summed E-state index contributed by atoms with van der Waals surface area (Å²) in [5.41, 5.74) is 0.239. The quantitative estimate of drug-likeness (QED) is 0.338. The molecular weight excluding hydrogens is 414 g/mol. The van der Waals surface area contributed by atoms with E-state index >= 15 is 0 Å². The SMILES string of the molecule is CCOc1ccc(/C(O)=C2/C(=O)C(=O)N(CCOC(C)C)C2c2ccco2)c(OCC)c1. The highest BCUT2D eigenvalue weighted by atomic mass is 16.5. The van der Waals surface area contributed by atoms with E-state index in [2.05, 4.69) is 0 Å². The first-order chi connectivity index (χ1) is 15.4. The molecule has 8 nitrogen and oxygen atoms in total. The molecule has 1 unspecified atom stereocenters. The average Bonchev–Trinajstić information content (AvgIpc) is 3.36. The van der Waals surface area contributed by atoms with Crippen LogP contribution in [0.3, 0.4) is 0 Å². The Balaban J connectivity index is 2.08. The Hall–Kier alpha value is -3.26. The van der Waals surface area contributed by atoms with Gasteiger partial charge in [-0.15, -0.1) is 0 Å². The molecule has 1 N–H and O–H groups in total. The van der Waals surface area contributed by atoms with Crippen LogP contribution in [0.2, 0.25) is 0 Å². The number of ether oxygens (including phenoxy) is 3. The van der Waals surface area contributed by atoms with E-state index in [-0.39, 0.29) is 30.6 Å². The molecule has 0 aliphatic carbocycles. The van der Waals surface area contributed by atoms with Crippen molar-refractivity contribution in [3.05, 3.63) is 53.5 Å². The number of amides is 1. The fourth-order valence-corrected chi connectivity index (χ4v) is 3.61. The number of nitrogens with zero attached hydrogens (tertiary/aromatic N) is 1. The first-order valence-electron chi connectivity index (χ1n) is 10.7. The lowest BCUT2D eigenvalue weighted by Crippen LogP contribution is -2.33. The fourth-order valence-electron chi connectivity index (χ4n) is 3.61. The number of aliphatic hydroxyl groups excluding tert-OH is 1. The molecule has 172 valence electrons. The summed E-state index contributed by atoms with van der Waals surface area (Å²) in [7, 11) is 0. The third-order valence-corrected chi connectivity index (χ3v) is 4.96. The molecule has 1 aromatic heterocycles. The van der Waals surface area contributed by atoms with Gasteiger partial charge in [0.05, 0.1) is 43.3 Å². The Labute approximate surface area is 187 Å². The molecule has 1 fully saturated rings. The number of carbonyl (C=O) groups is 2. The van der Waals surface area contributed by atoms with E-state index < -0.39 is 17.7 Å². The molecule has 0 saturated carbocycles. The molecule has 2 heterocycles. The van der Waals surface area contributed by atoms with Gasteiger partial charge >= 0.3 is 0 Å². The van der Waals surface area contributed by atoms with Crippen LogP contribution in [0.25, 0.3) is 5.76 Å². The van der Waals surface area contributed by atoms with Crippen molar-refractivity contribution in [2.24, 2.45) is 0 Å². The van der Waals surface area contributed by atoms with Gasteiger partial charge in [-0.1, -0.05) is 0 Å². The van der Waals surface area contributed by atoms with Gasteiger partial charge < -0.3 is 28.6 Å². The Kier molecular flexibility index (Phi) is 7.58. The van der Waals surface area contributed by atoms with Crippen LogP contribution in [0.5, 0.6) is 11.5 Å². The summed E-state index contributed by atoms with van der Waals surface area (Å²) in [5, 5.41) is 11.2. The van der Waals surface area contributed by atoms with Crippen molar-refractivity contribution in [3.63, 3.8) is 0 Å². The van der Waals surface area contributed by atoms with Gasteiger partial charge in [-0.25, -0.2) is 0 Å². The summed E-state index contributed by atoms with van der Waals surface area (Å²) < 4.78 is 22.3. The number of likely N-dealkylation sites (tertiary alicyclic amines) is 1. The number of rotatable bonds is 10. The lowest BCUT2D eigenvalue weighted by atomic mass is 9.98. The highest BCUT2D eigenvalue weighted by molar-refractivity contribution is 6.46. The fraction of sp³-hybridized carbons (Fsp3) is 0.417. The molecule has 0 radical (unpaired) electrons. The van der Waals surface area contributed by atoms with Crippen LogP contribution in [-0.2, 0) is 14.3 Å². The van der Waals surface area contributed by atoms with Crippen LogP contribution >= 0.6 is 0 Å². The molecule has 32 heavy (non-hydrogen) atoms. The number of carbonyl (C=O) groups excluding carboxylic acids is 2. The standard InChI is InChI=1S/C24H29NO7/c1-5-29-16-9-10-17(19(14-16)30-6-2)22(26)20-21(18-8-7-12-32-18)25(24(28)23(20)27)11-13-31-15(3)4/h7-10,12,14-15,21,26H,5-6,11,13H2,1-4H3/b22-20-. The zero-order chi connectivity index (χ0) is 23.3. The van der Waals surface area contributed by atoms with E-state index in [1.807, 2.05) is 27.7 Å². The monoisotopic (exact) mass is 443 g/mol. The molecular formula is C24H29NO7. The van der Waals surface area contributed by atoms with Crippen LogP contribution < -0.4 is 9.47 Å². The Morgan fingerprint density at radius 2 is 1.91 bits per heavy atom. The van der Waals surface area contributed by atoms with Crippen molar-refractivity contribution < 1.29 is 33.3 Å². The summed E-state index contributed by atoms with van der Waals surface area (Å²) in [6.45, 7) is 8.69. The Morgan fingerprint density at radius 3 is 2.53 bits per heavy atom. The molecule has 3 rings (SSSR count). The Morgan fingerprint density at radius 1 is 1.16 bits per heavy atom. The van der Waals surface area contributed by atoms with E-state index in [4.69, 9.17) is 18.6 Å². The van der Waals surface area contributed by atoms with Gasteiger partial charge in [-0.2, -0.15) is 0 Å². The topological polar surface area (TPSA) is 98.4 Å². The maximum Gasteiger partial charge on any atom is 0.295 e. The minimum atomic E-state index is -0.873. The minimum Gasteiger partial charge on any atom is -0.507 e. The summed E-state index contributed by atoms with van der Waals surface area (Å²) in [6, 6.07) is 7.40. The zero-order valence-electron chi connectivity index (χ0n) is 18.8. The van der Waals surface area contributed by atoms with E-state index in [0.717, 1.165) is 0 Å². The van der Waals surface area contributed by atoms with Gasteiger partial charge in [0.25, 0.3) is 11.7 Å². The van der Waals surface area contributed by atoms with E-state index in [9.17, 15) is 14.7 Å². The summed E-state index contributed by atoms with van der Waals surface area (Å²) in [5.74, 6) is -0.540. The number of aliphatic hydroxyl groups is 1. The van der Waals surface area contributed by atoms with Crippen LogP contribution in [0.15, 0.2) is 46.6 Å². The predicted octanol–water partition coefficient (Wildman–Crippen LogP) is 3.92. The van der Waals surface area contributed by atoms with Crippen molar-refractivity contribution >= 4 is 17.4 Å². The first-order valence-corrected chi connectivity index (χ1v) is 10.7. The maximum atomic E-state index is 13.0. The number of hydrogen-bond acceptors (Lipinski definition) is 7. The highest BCUT2D eigenvalue weighted by Gasteiger charge is 2.47. The normalized spacial score (nSPS) is 17.9. The van der Waals surface area contributed by atoms with Crippen molar-refractivity contribution in [2.45, 2.75) is 39.8 Å². The van der Waals surface area contributed by atoms with Crippen LogP contribution in [0, 0.1) is 0 Å². The van der Waals surface area contributed by atoms with Gasteiger partial charge in [0, 0.05) is 12.6 Å². The molecule has 1 aliphatic heterocycles. The predicted molar refractivity (Wildman–Crippen MR) is 118 cm³/mol. The molecule has 1 aliphatic rings. The van der Waals surface area contributed by atoms with E-state index in [1.165, 1.54) is 11.2 Å². The lowest BCUT2D eigenvalue weighted by Gasteiger charge is -2.23. The number of furan rings is 1. The third kappa shape index (κ3) is 4.80. The summed E-state index contributed by atoms with van der Waals surface area (Å²) in [6.07, 6.45) is 1.44. The van der Waals surface area contributed by atoms with Crippen LogP contribution in [0.4, 0.5) is 0 Å². The lowest BCUT2D eigenvalue weighted by molar-refractivity contribution is -0.140. The number of benzene rings is 1. The largest absolute Gasteiger partial charge is 0.507 e. The van der Waals surface area contributed by atoms with E-state index in [0.29, 0.717) is 36.0 Å². The second kappa shape index (κ2) is 10.4. The second-order valence-corrected chi connectivity index (χ2v) is 7.45. The average molecular weight is 443 g/mol. The molecule has 1 saturated heterocycles. The molecule has 8 heteroatoms. The molecule has 1 aromatic carbocycles. The molecule has 2 aromatic rings. The van der Waals surface area contributed by atoms with Crippen LogP contribution in [-0.4, -0.2) is 54.2 Å². The first kappa shape index (κ1) is 23.4. The van der Waals surface area contributed by atoms with Gasteiger partial charge in [0.15, 0.2) is 0 Å². The molecule has 1 atom stereocenters.